The number of aromatic amines is 1. The molecule has 0 radical (unpaired) electrons. The van der Waals surface area contributed by atoms with E-state index in [0.29, 0.717) is 5.82 Å². The summed E-state index contributed by atoms with van der Waals surface area (Å²) in [6.45, 7) is 14.4. The molecule has 4 N–H and O–H groups in total. The summed E-state index contributed by atoms with van der Waals surface area (Å²) in [5.74, 6) is 0.642. The summed E-state index contributed by atoms with van der Waals surface area (Å²) in [6.07, 6.45) is 0. The first-order valence-corrected chi connectivity index (χ1v) is 7.38. The summed E-state index contributed by atoms with van der Waals surface area (Å²) < 4.78 is 0. The third-order valence-electron chi connectivity index (χ3n) is 4.77. The molecule has 1 saturated carbocycles. The number of carbonyl (C=O) groups is 1. The maximum atomic E-state index is 12.4. The van der Waals surface area contributed by atoms with Crippen LogP contribution in [0.3, 0.4) is 0 Å². The minimum Gasteiger partial charge on any atom is -0.345 e. The summed E-state index contributed by atoms with van der Waals surface area (Å²) in [5.41, 5.74) is 5.77. The standard InChI is InChI=1S/C15H27N5O/c1-13(2,3)12-17-8(19-20-12)9(21)18-11-14(4,5)10(16)15(11,6)7/h10-11H,16H2,1-7H3,(H,18,21)(H,17,19,20). The van der Waals surface area contributed by atoms with Crippen LogP contribution in [0.5, 0.6) is 0 Å². The van der Waals surface area contributed by atoms with Crippen LogP contribution in [0.1, 0.15) is 64.9 Å². The van der Waals surface area contributed by atoms with E-state index in [0.717, 1.165) is 0 Å². The van der Waals surface area contributed by atoms with Crippen molar-refractivity contribution >= 4 is 5.91 Å². The molecule has 118 valence electrons. The van der Waals surface area contributed by atoms with Gasteiger partial charge in [-0.05, 0) is 0 Å². The van der Waals surface area contributed by atoms with E-state index in [2.05, 4.69) is 48.2 Å². The summed E-state index contributed by atoms with van der Waals surface area (Å²) >= 11 is 0. The van der Waals surface area contributed by atoms with Gasteiger partial charge >= 0.3 is 0 Å². The normalized spacial score (nSPS) is 27.0. The molecule has 0 saturated heterocycles. The number of H-pyrrole nitrogens is 1. The smallest absolute Gasteiger partial charge is 0.291 e. The Morgan fingerprint density at radius 1 is 1.24 bits per heavy atom. The Balaban J connectivity index is 2.14. The van der Waals surface area contributed by atoms with Crippen LogP contribution in [0, 0.1) is 10.8 Å². The summed E-state index contributed by atoms with van der Waals surface area (Å²) in [6, 6.07) is 0.0525. The van der Waals surface area contributed by atoms with Gasteiger partial charge in [-0.2, -0.15) is 0 Å². The molecule has 1 fully saturated rings. The number of hydrogen-bond donors (Lipinski definition) is 3. The maximum absolute atomic E-state index is 12.4. The van der Waals surface area contributed by atoms with E-state index in [1.54, 1.807) is 0 Å². The summed E-state index contributed by atoms with van der Waals surface area (Å²) in [4.78, 5) is 16.7. The van der Waals surface area contributed by atoms with Crippen molar-refractivity contribution in [1.82, 2.24) is 20.5 Å². The molecular formula is C15H27N5O. The second-order valence-electron chi connectivity index (χ2n) is 8.28. The van der Waals surface area contributed by atoms with Gasteiger partial charge in [-0.1, -0.05) is 48.5 Å². The minimum absolute atomic E-state index is 0.00378. The number of hydrogen-bond acceptors (Lipinski definition) is 4. The van der Waals surface area contributed by atoms with E-state index < -0.39 is 0 Å². The highest BCUT2D eigenvalue weighted by Crippen LogP contribution is 2.52. The Kier molecular flexibility index (Phi) is 3.44. The Hall–Kier alpha value is -1.43. The third-order valence-corrected chi connectivity index (χ3v) is 4.77. The molecule has 2 rings (SSSR count). The number of carbonyl (C=O) groups excluding carboxylic acids is 1. The van der Waals surface area contributed by atoms with Gasteiger partial charge < -0.3 is 11.1 Å². The number of nitrogens with two attached hydrogens (primary N) is 1. The number of nitrogens with zero attached hydrogens (tertiary/aromatic N) is 2. The zero-order valence-electron chi connectivity index (χ0n) is 14.0. The average molecular weight is 293 g/mol. The van der Waals surface area contributed by atoms with Crippen molar-refractivity contribution in [3.05, 3.63) is 11.6 Å². The number of amides is 1. The number of rotatable bonds is 2. The van der Waals surface area contributed by atoms with Crippen LogP contribution >= 0.6 is 0 Å². The molecule has 1 aromatic rings. The summed E-state index contributed by atoms with van der Waals surface area (Å²) in [7, 11) is 0. The van der Waals surface area contributed by atoms with Crippen LogP contribution in [0.15, 0.2) is 0 Å². The molecule has 1 heterocycles. The molecule has 0 aliphatic heterocycles. The van der Waals surface area contributed by atoms with Crippen molar-refractivity contribution in [1.29, 1.82) is 0 Å². The second kappa shape index (κ2) is 4.53. The highest BCUT2D eigenvalue weighted by Gasteiger charge is 2.60. The fourth-order valence-electron chi connectivity index (χ4n) is 3.45. The molecule has 1 amide bonds. The first-order chi connectivity index (χ1) is 9.38. The van der Waals surface area contributed by atoms with Crippen LogP contribution in [0.2, 0.25) is 0 Å². The van der Waals surface area contributed by atoms with Crippen LogP contribution in [-0.4, -0.2) is 33.2 Å². The molecule has 0 unspecified atom stereocenters. The van der Waals surface area contributed by atoms with Gasteiger partial charge in [0.25, 0.3) is 5.91 Å². The minimum atomic E-state index is -0.250. The van der Waals surface area contributed by atoms with Gasteiger partial charge in [0.05, 0.1) is 0 Å². The van der Waals surface area contributed by atoms with Crippen LogP contribution in [0.4, 0.5) is 0 Å². The molecular weight excluding hydrogens is 266 g/mol. The molecule has 0 spiro atoms. The molecule has 6 heteroatoms. The molecule has 0 aromatic carbocycles. The van der Waals surface area contributed by atoms with E-state index >= 15 is 0 Å². The first kappa shape index (κ1) is 15.9. The maximum Gasteiger partial charge on any atom is 0.291 e. The lowest BCUT2D eigenvalue weighted by molar-refractivity contribution is -0.0664. The average Bonchev–Trinajstić information content (AvgIpc) is 2.83. The molecule has 1 aliphatic rings. The van der Waals surface area contributed by atoms with Gasteiger partial charge in [0.15, 0.2) is 0 Å². The Labute approximate surface area is 126 Å². The van der Waals surface area contributed by atoms with Gasteiger partial charge in [0.2, 0.25) is 5.82 Å². The Bertz CT molecular complexity index is 537. The second-order valence-corrected chi connectivity index (χ2v) is 8.28. The molecule has 21 heavy (non-hydrogen) atoms. The van der Waals surface area contributed by atoms with E-state index in [-0.39, 0.29) is 40.1 Å². The van der Waals surface area contributed by atoms with Gasteiger partial charge in [-0.25, -0.2) is 4.98 Å². The predicted octanol–water partition coefficient (Wildman–Crippen LogP) is 1.59. The largest absolute Gasteiger partial charge is 0.345 e. The predicted molar refractivity (Wildman–Crippen MR) is 81.9 cm³/mol. The molecule has 0 atom stereocenters. The van der Waals surface area contributed by atoms with E-state index in [9.17, 15) is 4.79 Å². The molecule has 6 nitrogen and oxygen atoms in total. The van der Waals surface area contributed by atoms with E-state index in [4.69, 9.17) is 5.73 Å². The van der Waals surface area contributed by atoms with E-state index in [1.165, 1.54) is 0 Å². The van der Waals surface area contributed by atoms with Crippen LogP contribution in [0.25, 0.3) is 0 Å². The Morgan fingerprint density at radius 3 is 2.19 bits per heavy atom. The van der Waals surface area contributed by atoms with E-state index in [1.807, 2.05) is 20.8 Å². The zero-order chi connectivity index (χ0) is 16.2. The monoisotopic (exact) mass is 293 g/mol. The highest BCUT2D eigenvalue weighted by molar-refractivity contribution is 5.90. The third kappa shape index (κ3) is 2.46. The van der Waals surface area contributed by atoms with Gasteiger partial charge in [-0.15, -0.1) is 5.10 Å². The molecule has 0 bridgehead atoms. The van der Waals surface area contributed by atoms with Crippen molar-refractivity contribution in [2.75, 3.05) is 0 Å². The quantitative estimate of drug-likeness (QED) is 0.771. The fourth-order valence-corrected chi connectivity index (χ4v) is 3.45. The number of nitrogens with one attached hydrogen (secondary N) is 2. The van der Waals surface area contributed by atoms with Crippen molar-refractivity contribution in [2.24, 2.45) is 16.6 Å². The highest BCUT2D eigenvalue weighted by atomic mass is 16.2. The van der Waals surface area contributed by atoms with Gasteiger partial charge in [0.1, 0.15) is 5.82 Å². The van der Waals surface area contributed by atoms with Crippen molar-refractivity contribution < 1.29 is 4.79 Å². The van der Waals surface area contributed by atoms with Crippen molar-refractivity contribution in [3.63, 3.8) is 0 Å². The van der Waals surface area contributed by atoms with Crippen LogP contribution < -0.4 is 11.1 Å². The van der Waals surface area contributed by atoms with Gasteiger partial charge in [0, 0.05) is 28.3 Å². The van der Waals surface area contributed by atoms with Gasteiger partial charge in [-0.3, -0.25) is 9.89 Å². The lowest BCUT2D eigenvalue weighted by atomic mass is 9.48. The van der Waals surface area contributed by atoms with Crippen molar-refractivity contribution in [2.45, 2.75) is 66.0 Å². The molecule has 1 aromatic heterocycles. The first-order valence-electron chi connectivity index (χ1n) is 7.38. The fraction of sp³-hybridized carbons (Fsp3) is 0.800. The summed E-state index contributed by atoms with van der Waals surface area (Å²) in [5, 5.41) is 9.91. The lowest BCUT2D eigenvalue weighted by Gasteiger charge is -2.62. The van der Waals surface area contributed by atoms with Crippen LogP contribution in [-0.2, 0) is 5.41 Å². The van der Waals surface area contributed by atoms with Crippen molar-refractivity contribution in [3.8, 4) is 0 Å². The molecule has 1 aliphatic carbocycles. The lowest BCUT2D eigenvalue weighted by Crippen LogP contribution is -2.76. The SMILES string of the molecule is CC(C)(C)c1nc(C(=O)NC2C(C)(C)C(N)C2(C)C)n[nH]1. The number of aromatic nitrogens is 3. The zero-order valence-corrected chi connectivity index (χ0v) is 14.0. The topological polar surface area (TPSA) is 96.7 Å². The Morgan fingerprint density at radius 2 is 1.76 bits per heavy atom.